The van der Waals surface area contributed by atoms with E-state index in [1.807, 2.05) is 72.8 Å². The molecule has 0 fully saturated rings. The van der Waals surface area contributed by atoms with Crippen molar-refractivity contribution in [2.75, 3.05) is 10.0 Å². The largest absolute Gasteiger partial charge is 0.380 e. The first-order chi connectivity index (χ1) is 17.6. The Labute approximate surface area is 210 Å². The van der Waals surface area contributed by atoms with E-state index in [0.29, 0.717) is 17.6 Å². The summed E-state index contributed by atoms with van der Waals surface area (Å²) in [6.07, 6.45) is 0. The van der Waals surface area contributed by atoms with E-state index in [-0.39, 0.29) is 4.90 Å². The molecule has 0 aliphatic heterocycles. The molecule has 6 aromatic rings. The smallest absolute Gasteiger partial charge is 0.262 e. The van der Waals surface area contributed by atoms with Gasteiger partial charge in [-0.3, -0.25) is 4.72 Å². The average Bonchev–Trinajstić information content (AvgIpc) is 2.92. The monoisotopic (exact) mass is 488 g/mol. The molecular weight excluding hydrogens is 464 g/mol. The van der Waals surface area contributed by atoms with Gasteiger partial charge in [0.1, 0.15) is 0 Å². The Morgan fingerprint density at radius 3 is 1.78 bits per heavy atom. The van der Waals surface area contributed by atoms with Crippen LogP contribution in [-0.2, 0) is 16.6 Å². The minimum absolute atomic E-state index is 0.267. The molecule has 0 aromatic heterocycles. The first-order valence-corrected chi connectivity index (χ1v) is 13.3. The summed E-state index contributed by atoms with van der Waals surface area (Å²) in [5, 5.41) is 9.37. The number of rotatable bonds is 6. The van der Waals surface area contributed by atoms with Crippen LogP contribution < -0.4 is 10.0 Å². The third kappa shape index (κ3) is 4.04. The lowest BCUT2D eigenvalue weighted by molar-refractivity contribution is 0.602. The number of benzene rings is 6. The van der Waals surface area contributed by atoms with Crippen molar-refractivity contribution in [3.8, 4) is 0 Å². The number of nitrogens with one attached hydrogen (secondary N) is 2. The first kappa shape index (κ1) is 22.1. The fourth-order valence-corrected chi connectivity index (χ4v) is 6.12. The van der Waals surface area contributed by atoms with Crippen LogP contribution >= 0.6 is 0 Å². The molecule has 0 saturated heterocycles. The molecule has 0 unspecified atom stereocenters. The molecule has 0 atom stereocenters. The summed E-state index contributed by atoms with van der Waals surface area (Å²) in [6, 6.07) is 39.1. The van der Waals surface area contributed by atoms with Crippen LogP contribution in [-0.4, -0.2) is 8.42 Å². The Morgan fingerprint density at radius 1 is 0.500 bits per heavy atom. The average molecular weight is 489 g/mol. The van der Waals surface area contributed by atoms with Crippen molar-refractivity contribution in [1.82, 2.24) is 0 Å². The normalized spacial score (nSPS) is 11.7. The van der Waals surface area contributed by atoms with Gasteiger partial charge in [-0.15, -0.1) is 0 Å². The van der Waals surface area contributed by atoms with Crippen LogP contribution in [0.4, 0.5) is 11.4 Å². The van der Waals surface area contributed by atoms with Crippen molar-refractivity contribution < 1.29 is 8.42 Å². The quantitative estimate of drug-likeness (QED) is 0.254. The van der Waals surface area contributed by atoms with E-state index >= 15 is 0 Å². The van der Waals surface area contributed by atoms with E-state index < -0.39 is 10.0 Å². The zero-order valence-corrected chi connectivity index (χ0v) is 20.3. The van der Waals surface area contributed by atoms with E-state index in [4.69, 9.17) is 0 Å². The van der Waals surface area contributed by atoms with E-state index in [1.165, 1.54) is 16.3 Å². The van der Waals surface area contributed by atoms with Crippen LogP contribution in [0, 0.1) is 0 Å². The van der Waals surface area contributed by atoms with Gasteiger partial charge in [-0.1, -0.05) is 103 Å². The zero-order chi connectivity index (χ0) is 24.5. The molecule has 6 aromatic carbocycles. The van der Waals surface area contributed by atoms with Crippen molar-refractivity contribution in [3.05, 3.63) is 127 Å². The third-order valence-corrected chi connectivity index (χ3v) is 7.98. The summed E-state index contributed by atoms with van der Waals surface area (Å²) < 4.78 is 29.7. The second-order valence-electron chi connectivity index (χ2n) is 8.78. The van der Waals surface area contributed by atoms with Crippen LogP contribution in [0.5, 0.6) is 0 Å². The molecule has 36 heavy (non-hydrogen) atoms. The molecule has 0 amide bonds. The third-order valence-electron chi connectivity index (χ3n) is 6.56. The molecule has 0 aliphatic carbocycles. The molecule has 6 rings (SSSR count). The molecule has 2 N–H and O–H groups in total. The number of hydrogen-bond donors (Lipinski definition) is 2. The fraction of sp³-hybridized carbons (Fsp3) is 0.0323. The first-order valence-electron chi connectivity index (χ1n) is 11.8. The van der Waals surface area contributed by atoms with E-state index in [1.54, 1.807) is 12.1 Å². The zero-order valence-electron chi connectivity index (χ0n) is 19.5. The highest BCUT2D eigenvalue weighted by molar-refractivity contribution is 7.93. The summed E-state index contributed by atoms with van der Waals surface area (Å²) in [6.45, 7) is 0.659. The van der Waals surface area contributed by atoms with Crippen molar-refractivity contribution in [2.45, 2.75) is 11.4 Å². The number of hydrogen-bond acceptors (Lipinski definition) is 3. The highest BCUT2D eigenvalue weighted by Gasteiger charge is 2.19. The second kappa shape index (κ2) is 9.02. The summed E-state index contributed by atoms with van der Waals surface area (Å²) >= 11 is 0. The van der Waals surface area contributed by atoms with Crippen LogP contribution in [0.2, 0.25) is 0 Å². The molecule has 0 radical (unpaired) electrons. The SMILES string of the molecule is O=S(=O)(Nc1ccc(NCc2cccc3ccccc23)c2ccccc12)c1cccc2ccccc12. The number of fused-ring (bicyclic) bond motifs is 3. The Balaban J connectivity index is 1.35. The molecule has 5 heteroatoms. The Morgan fingerprint density at radius 2 is 1.03 bits per heavy atom. The van der Waals surface area contributed by atoms with Gasteiger partial charge in [-0.05, 0) is 39.9 Å². The maximum atomic E-state index is 13.5. The van der Waals surface area contributed by atoms with Crippen LogP contribution in [0.1, 0.15) is 5.56 Å². The van der Waals surface area contributed by atoms with Crippen LogP contribution in [0.3, 0.4) is 0 Å². The molecule has 176 valence electrons. The summed E-state index contributed by atoms with van der Waals surface area (Å²) in [5.74, 6) is 0. The molecular formula is C31H24N2O2S. The Hall–Kier alpha value is -4.35. The highest BCUT2D eigenvalue weighted by atomic mass is 32.2. The van der Waals surface area contributed by atoms with Gasteiger partial charge in [-0.25, -0.2) is 8.42 Å². The minimum Gasteiger partial charge on any atom is -0.380 e. The Bertz CT molecular complexity index is 1830. The lowest BCUT2D eigenvalue weighted by Crippen LogP contribution is -2.14. The van der Waals surface area contributed by atoms with Crippen molar-refractivity contribution in [3.63, 3.8) is 0 Å². The summed E-state index contributed by atoms with van der Waals surface area (Å²) in [7, 11) is -3.79. The molecule has 4 nitrogen and oxygen atoms in total. The van der Waals surface area contributed by atoms with Gasteiger partial charge in [-0.2, -0.15) is 0 Å². The van der Waals surface area contributed by atoms with Gasteiger partial charge < -0.3 is 5.32 Å². The topological polar surface area (TPSA) is 58.2 Å². The molecule has 0 heterocycles. The van der Waals surface area contributed by atoms with Gasteiger partial charge in [0.2, 0.25) is 0 Å². The van der Waals surface area contributed by atoms with Crippen LogP contribution in [0.25, 0.3) is 32.3 Å². The standard InChI is InChI=1S/C31H24N2O2S/c34-36(35,31-18-8-12-23-10-2-4-15-26(23)31)33-30-20-19-29(27-16-5-6-17-28(27)30)32-21-24-13-7-11-22-9-1-3-14-25(22)24/h1-20,32-33H,21H2. The van der Waals surface area contributed by atoms with Gasteiger partial charge in [0, 0.05) is 28.4 Å². The predicted molar refractivity (Wildman–Crippen MR) is 150 cm³/mol. The van der Waals surface area contributed by atoms with E-state index in [9.17, 15) is 8.42 Å². The lowest BCUT2D eigenvalue weighted by atomic mass is 10.0. The van der Waals surface area contributed by atoms with Crippen molar-refractivity contribution in [2.24, 2.45) is 0 Å². The molecule has 0 spiro atoms. The fourth-order valence-electron chi connectivity index (χ4n) is 4.81. The lowest BCUT2D eigenvalue weighted by Gasteiger charge is -2.16. The number of anilines is 2. The summed E-state index contributed by atoms with van der Waals surface area (Å²) in [5.41, 5.74) is 2.71. The van der Waals surface area contributed by atoms with Gasteiger partial charge >= 0.3 is 0 Å². The van der Waals surface area contributed by atoms with Gasteiger partial charge in [0.25, 0.3) is 10.0 Å². The molecule has 0 saturated carbocycles. The van der Waals surface area contributed by atoms with Crippen molar-refractivity contribution >= 4 is 53.7 Å². The maximum Gasteiger partial charge on any atom is 0.262 e. The van der Waals surface area contributed by atoms with Crippen molar-refractivity contribution in [1.29, 1.82) is 0 Å². The highest BCUT2D eigenvalue weighted by Crippen LogP contribution is 2.33. The predicted octanol–water partition coefficient (Wildman–Crippen LogP) is 7.56. The van der Waals surface area contributed by atoms with E-state index in [0.717, 1.165) is 21.8 Å². The van der Waals surface area contributed by atoms with Gasteiger partial charge in [0.05, 0.1) is 10.6 Å². The molecule has 0 aliphatic rings. The van der Waals surface area contributed by atoms with E-state index in [2.05, 4.69) is 46.4 Å². The summed E-state index contributed by atoms with van der Waals surface area (Å²) in [4.78, 5) is 0.267. The van der Waals surface area contributed by atoms with Gasteiger partial charge in [0.15, 0.2) is 0 Å². The number of sulfonamides is 1. The second-order valence-corrected chi connectivity index (χ2v) is 10.4. The Kier molecular flexibility index (Phi) is 5.55. The maximum absolute atomic E-state index is 13.5. The minimum atomic E-state index is -3.79. The molecule has 0 bridgehead atoms. The van der Waals surface area contributed by atoms with Crippen LogP contribution in [0.15, 0.2) is 126 Å².